The fourth-order valence-corrected chi connectivity index (χ4v) is 2.57. The van der Waals surface area contributed by atoms with E-state index in [-0.39, 0.29) is 0 Å². The highest BCUT2D eigenvalue weighted by molar-refractivity contribution is 5.85. The first-order valence-electron chi connectivity index (χ1n) is 7.83. The molecule has 0 unspecified atom stereocenters. The lowest BCUT2D eigenvalue weighted by molar-refractivity contribution is 0.855. The molecular weight excluding hydrogens is 244 g/mol. The fraction of sp³-hybridized carbons (Fsp3) is 0.500. The van der Waals surface area contributed by atoms with E-state index in [1.165, 1.54) is 16.5 Å². The number of anilines is 1. The molecule has 2 aromatic rings. The predicted octanol–water partition coefficient (Wildman–Crippen LogP) is 5.13. The molecule has 0 amide bonds. The second kappa shape index (κ2) is 6.74. The third kappa shape index (κ3) is 3.12. The molecule has 2 rings (SSSR count). The molecule has 0 saturated heterocycles. The molecular formula is C18H26N2. The van der Waals surface area contributed by atoms with Crippen LogP contribution in [0, 0.1) is 0 Å². The summed E-state index contributed by atoms with van der Waals surface area (Å²) in [6.45, 7) is 9.85. The molecule has 0 radical (unpaired) electrons. The van der Waals surface area contributed by atoms with Crippen molar-refractivity contribution in [1.29, 1.82) is 0 Å². The number of benzene rings is 1. The van der Waals surface area contributed by atoms with Crippen molar-refractivity contribution in [2.24, 2.45) is 0 Å². The van der Waals surface area contributed by atoms with Gasteiger partial charge in [0.2, 0.25) is 0 Å². The zero-order valence-electron chi connectivity index (χ0n) is 13.2. The maximum Gasteiger partial charge on any atom is 0.130 e. The van der Waals surface area contributed by atoms with Gasteiger partial charge in [-0.1, -0.05) is 52.3 Å². The number of fused-ring (bicyclic) bond motifs is 1. The highest BCUT2D eigenvalue weighted by atomic mass is 15.0. The standard InChI is InChI=1S/C18H26N2/c1-5-8-14-9-7-10-15-12-16(13(3)4)18(19-11-6-2)20-17(14)15/h7,9-10,12-13H,5-6,8,11H2,1-4H3,(H,19,20). The van der Waals surface area contributed by atoms with Crippen LogP contribution in [0.4, 0.5) is 5.82 Å². The normalized spacial score (nSPS) is 11.2. The molecule has 0 aliphatic carbocycles. The van der Waals surface area contributed by atoms with Crippen molar-refractivity contribution in [3.63, 3.8) is 0 Å². The number of rotatable bonds is 6. The molecule has 0 atom stereocenters. The van der Waals surface area contributed by atoms with Crippen molar-refractivity contribution in [3.8, 4) is 0 Å². The number of aromatic nitrogens is 1. The van der Waals surface area contributed by atoms with Gasteiger partial charge in [-0.15, -0.1) is 0 Å². The second-order valence-corrected chi connectivity index (χ2v) is 5.75. The monoisotopic (exact) mass is 270 g/mol. The highest BCUT2D eigenvalue weighted by Gasteiger charge is 2.11. The Labute approximate surface area is 122 Å². The maximum atomic E-state index is 4.94. The van der Waals surface area contributed by atoms with Gasteiger partial charge in [0.1, 0.15) is 5.82 Å². The summed E-state index contributed by atoms with van der Waals surface area (Å²) in [7, 11) is 0. The zero-order valence-corrected chi connectivity index (χ0v) is 13.2. The van der Waals surface area contributed by atoms with Gasteiger partial charge >= 0.3 is 0 Å². The fourth-order valence-electron chi connectivity index (χ4n) is 2.57. The van der Waals surface area contributed by atoms with Gasteiger partial charge in [-0.3, -0.25) is 0 Å². The summed E-state index contributed by atoms with van der Waals surface area (Å²) in [4.78, 5) is 4.94. The third-order valence-electron chi connectivity index (χ3n) is 3.64. The van der Waals surface area contributed by atoms with Gasteiger partial charge in [0.25, 0.3) is 0 Å². The molecule has 1 heterocycles. The van der Waals surface area contributed by atoms with Crippen LogP contribution in [-0.4, -0.2) is 11.5 Å². The quantitative estimate of drug-likeness (QED) is 0.786. The van der Waals surface area contributed by atoms with E-state index < -0.39 is 0 Å². The average molecular weight is 270 g/mol. The van der Waals surface area contributed by atoms with E-state index in [2.05, 4.69) is 57.3 Å². The number of hydrogen-bond donors (Lipinski definition) is 1. The summed E-state index contributed by atoms with van der Waals surface area (Å²) in [5, 5.41) is 4.76. The molecule has 0 aliphatic rings. The van der Waals surface area contributed by atoms with Crippen molar-refractivity contribution in [2.45, 2.75) is 52.9 Å². The van der Waals surface area contributed by atoms with Crippen molar-refractivity contribution in [3.05, 3.63) is 35.4 Å². The number of nitrogens with one attached hydrogen (secondary N) is 1. The van der Waals surface area contributed by atoms with Crippen LogP contribution in [0.25, 0.3) is 10.9 Å². The minimum absolute atomic E-state index is 0.487. The van der Waals surface area contributed by atoms with Gasteiger partial charge in [0.05, 0.1) is 5.52 Å². The van der Waals surface area contributed by atoms with Crippen LogP contribution in [0.15, 0.2) is 24.3 Å². The summed E-state index contributed by atoms with van der Waals surface area (Å²) >= 11 is 0. The van der Waals surface area contributed by atoms with E-state index in [0.717, 1.165) is 37.1 Å². The Bertz CT molecular complexity index is 573. The summed E-state index contributed by atoms with van der Waals surface area (Å²) in [5.41, 5.74) is 3.84. The Morgan fingerprint density at radius 3 is 2.60 bits per heavy atom. The Balaban J connectivity index is 2.56. The lowest BCUT2D eigenvalue weighted by atomic mass is 9.99. The largest absolute Gasteiger partial charge is 0.370 e. The summed E-state index contributed by atoms with van der Waals surface area (Å²) in [6.07, 6.45) is 3.37. The lowest BCUT2D eigenvalue weighted by Crippen LogP contribution is -2.07. The minimum atomic E-state index is 0.487. The van der Waals surface area contributed by atoms with E-state index in [4.69, 9.17) is 4.98 Å². The Morgan fingerprint density at radius 1 is 1.15 bits per heavy atom. The number of hydrogen-bond acceptors (Lipinski definition) is 2. The van der Waals surface area contributed by atoms with E-state index in [1.54, 1.807) is 0 Å². The van der Waals surface area contributed by atoms with Crippen LogP contribution < -0.4 is 5.32 Å². The Kier molecular flexibility index (Phi) is 4.99. The van der Waals surface area contributed by atoms with Crippen LogP contribution in [0.3, 0.4) is 0 Å². The SMILES string of the molecule is CCCNc1nc2c(CCC)cccc2cc1C(C)C. The topological polar surface area (TPSA) is 24.9 Å². The molecule has 108 valence electrons. The molecule has 1 aromatic heterocycles. The molecule has 0 spiro atoms. The Morgan fingerprint density at radius 2 is 1.95 bits per heavy atom. The smallest absolute Gasteiger partial charge is 0.130 e. The first kappa shape index (κ1) is 14.8. The highest BCUT2D eigenvalue weighted by Crippen LogP contribution is 2.28. The van der Waals surface area contributed by atoms with Crippen molar-refractivity contribution in [1.82, 2.24) is 4.98 Å². The number of nitrogens with zero attached hydrogens (tertiary/aromatic N) is 1. The van der Waals surface area contributed by atoms with Crippen LogP contribution in [-0.2, 0) is 6.42 Å². The molecule has 2 nitrogen and oxygen atoms in total. The molecule has 20 heavy (non-hydrogen) atoms. The molecule has 2 heteroatoms. The lowest BCUT2D eigenvalue weighted by Gasteiger charge is -2.16. The average Bonchev–Trinajstić information content (AvgIpc) is 2.44. The van der Waals surface area contributed by atoms with Crippen LogP contribution in [0.5, 0.6) is 0 Å². The number of aryl methyl sites for hydroxylation is 1. The first-order valence-corrected chi connectivity index (χ1v) is 7.83. The molecule has 1 N–H and O–H groups in total. The van der Waals surface area contributed by atoms with Gasteiger partial charge in [-0.05, 0) is 36.0 Å². The van der Waals surface area contributed by atoms with Gasteiger partial charge in [0.15, 0.2) is 0 Å². The number of pyridine rings is 1. The van der Waals surface area contributed by atoms with Gasteiger partial charge in [-0.2, -0.15) is 0 Å². The van der Waals surface area contributed by atoms with E-state index in [9.17, 15) is 0 Å². The maximum absolute atomic E-state index is 4.94. The van der Waals surface area contributed by atoms with Crippen LogP contribution >= 0.6 is 0 Å². The zero-order chi connectivity index (χ0) is 14.5. The van der Waals surface area contributed by atoms with Crippen LogP contribution in [0.2, 0.25) is 0 Å². The van der Waals surface area contributed by atoms with Crippen LogP contribution in [0.1, 0.15) is 57.6 Å². The molecule has 0 aliphatic heterocycles. The third-order valence-corrected chi connectivity index (χ3v) is 3.64. The van der Waals surface area contributed by atoms with Crippen molar-refractivity contribution < 1.29 is 0 Å². The molecule has 0 bridgehead atoms. The summed E-state index contributed by atoms with van der Waals surface area (Å²) in [5.74, 6) is 1.55. The second-order valence-electron chi connectivity index (χ2n) is 5.75. The first-order chi connectivity index (χ1) is 9.67. The molecule has 0 saturated carbocycles. The van der Waals surface area contributed by atoms with Gasteiger partial charge < -0.3 is 5.32 Å². The van der Waals surface area contributed by atoms with Crippen molar-refractivity contribution >= 4 is 16.7 Å². The summed E-state index contributed by atoms with van der Waals surface area (Å²) in [6, 6.07) is 8.84. The van der Waals surface area contributed by atoms with Crippen molar-refractivity contribution in [2.75, 3.05) is 11.9 Å². The predicted molar refractivity (Wildman–Crippen MR) is 88.6 cm³/mol. The summed E-state index contributed by atoms with van der Waals surface area (Å²) < 4.78 is 0. The molecule has 0 fully saturated rings. The van der Waals surface area contributed by atoms with Gasteiger partial charge in [-0.25, -0.2) is 4.98 Å². The van der Waals surface area contributed by atoms with E-state index in [1.807, 2.05) is 0 Å². The molecule has 1 aromatic carbocycles. The number of para-hydroxylation sites is 1. The van der Waals surface area contributed by atoms with Gasteiger partial charge in [0, 0.05) is 11.9 Å². The van der Waals surface area contributed by atoms with E-state index in [0.29, 0.717) is 5.92 Å². The minimum Gasteiger partial charge on any atom is -0.370 e. The Hall–Kier alpha value is -1.57. The van der Waals surface area contributed by atoms with E-state index >= 15 is 0 Å².